The number of hydrogen-bond donors (Lipinski definition) is 2. The first-order valence-electron chi connectivity index (χ1n) is 6.81. The summed E-state index contributed by atoms with van der Waals surface area (Å²) in [6.07, 6.45) is 0. The van der Waals surface area contributed by atoms with Crippen molar-refractivity contribution in [2.75, 3.05) is 5.32 Å². The van der Waals surface area contributed by atoms with Gasteiger partial charge in [-0.15, -0.1) is 0 Å². The van der Waals surface area contributed by atoms with E-state index in [1.165, 1.54) is 6.07 Å². The van der Waals surface area contributed by atoms with Gasteiger partial charge in [0.15, 0.2) is 0 Å². The average Bonchev–Trinajstić information content (AvgIpc) is 2.79. The Morgan fingerprint density at radius 3 is 2.59 bits per heavy atom. The molecule has 1 heterocycles. The molecular formula is C17H14F2N2O. The summed E-state index contributed by atoms with van der Waals surface area (Å²) in [6.45, 7) is 3.80. The number of aryl methyl sites for hydroxylation is 2. The first-order valence-corrected chi connectivity index (χ1v) is 6.81. The lowest BCUT2D eigenvalue weighted by molar-refractivity contribution is 0.102. The molecular weight excluding hydrogens is 286 g/mol. The van der Waals surface area contributed by atoms with Crippen LogP contribution in [0.15, 0.2) is 36.4 Å². The van der Waals surface area contributed by atoms with Crippen LogP contribution in [-0.2, 0) is 0 Å². The maximum Gasteiger partial charge on any atom is 0.272 e. The number of fused-ring (bicyclic) bond motifs is 1. The van der Waals surface area contributed by atoms with Crippen LogP contribution in [0.5, 0.6) is 0 Å². The summed E-state index contributed by atoms with van der Waals surface area (Å²) in [4.78, 5) is 15.4. The number of rotatable bonds is 2. The zero-order chi connectivity index (χ0) is 15.9. The Morgan fingerprint density at radius 1 is 1.09 bits per heavy atom. The van der Waals surface area contributed by atoms with Crippen molar-refractivity contribution in [1.82, 2.24) is 4.98 Å². The molecule has 0 unspecified atom stereocenters. The van der Waals surface area contributed by atoms with Crippen LogP contribution in [0.2, 0.25) is 0 Å². The number of aromatic nitrogens is 1. The van der Waals surface area contributed by atoms with Crippen molar-refractivity contribution in [1.29, 1.82) is 0 Å². The van der Waals surface area contributed by atoms with Gasteiger partial charge in [0, 0.05) is 17.0 Å². The number of nitrogens with one attached hydrogen (secondary N) is 2. The highest BCUT2D eigenvalue weighted by molar-refractivity contribution is 6.07. The van der Waals surface area contributed by atoms with Crippen molar-refractivity contribution in [3.8, 4) is 0 Å². The van der Waals surface area contributed by atoms with E-state index in [9.17, 15) is 13.6 Å². The Balaban J connectivity index is 1.97. The van der Waals surface area contributed by atoms with Gasteiger partial charge in [-0.25, -0.2) is 8.78 Å². The van der Waals surface area contributed by atoms with E-state index in [-0.39, 0.29) is 5.69 Å². The number of carbonyl (C=O) groups excluding carboxylic acids is 1. The Kier molecular flexibility index (Phi) is 3.41. The van der Waals surface area contributed by atoms with Crippen LogP contribution in [0, 0.1) is 25.5 Å². The van der Waals surface area contributed by atoms with E-state index < -0.39 is 17.5 Å². The summed E-state index contributed by atoms with van der Waals surface area (Å²) in [5.41, 5.74) is 3.03. The number of aromatic amines is 1. The number of amides is 1. The highest BCUT2D eigenvalue weighted by Gasteiger charge is 2.16. The molecule has 3 nitrogen and oxygen atoms in total. The lowest BCUT2D eigenvalue weighted by atomic mass is 10.1. The summed E-state index contributed by atoms with van der Waals surface area (Å²) < 4.78 is 26.5. The molecule has 112 valence electrons. The first kappa shape index (κ1) is 14.3. The monoisotopic (exact) mass is 300 g/mol. The second-order valence-corrected chi connectivity index (χ2v) is 5.25. The molecule has 0 bridgehead atoms. The zero-order valence-electron chi connectivity index (χ0n) is 12.1. The standard InChI is InChI=1S/C17H14F2N2O/c1-9-3-5-14-12(7-9)10(2)16(20-14)17(22)21-15-6-4-11(18)8-13(15)19/h3-8,20H,1-2H3,(H,21,22). The molecule has 1 aromatic heterocycles. The van der Waals surface area contributed by atoms with E-state index in [4.69, 9.17) is 0 Å². The Hall–Kier alpha value is -2.69. The van der Waals surface area contributed by atoms with Crippen molar-refractivity contribution in [3.05, 3.63) is 64.9 Å². The number of carbonyl (C=O) groups is 1. The second kappa shape index (κ2) is 5.26. The normalized spacial score (nSPS) is 10.9. The summed E-state index contributed by atoms with van der Waals surface area (Å²) in [6, 6.07) is 8.85. The van der Waals surface area contributed by atoms with Crippen molar-refractivity contribution < 1.29 is 13.6 Å². The lowest BCUT2D eigenvalue weighted by Gasteiger charge is -2.06. The molecule has 3 rings (SSSR count). The number of hydrogen-bond acceptors (Lipinski definition) is 1. The van der Waals surface area contributed by atoms with Crippen LogP contribution in [-0.4, -0.2) is 10.9 Å². The number of anilines is 1. The molecule has 22 heavy (non-hydrogen) atoms. The molecule has 0 radical (unpaired) electrons. The zero-order valence-corrected chi connectivity index (χ0v) is 12.1. The fraction of sp³-hybridized carbons (Fsp3) is 0.118. The van der Waals surface area contributed by atoms with Gasteiger partial charge in [0.1, 0.15) is 17.3 Å². The summed E-state index contributed by atoms with van der Waals surface area (Å²) in [5, 5.41) is 3.41. The molecule has 0 spiro atoms. The molecule has 5 heteroatoms. The van der Waals surface area contributed by atoms with Gasteiger partial charge in [0.2, 0.25) is 0 Å². The van der Waals surface area contributed by atoms with Crippen molar-refractivity contribution in [2.45, 2.75) is 13.8 Å². The van der Waals surface area contributed by atoms with Crippen LogP contribution in [0.4, 0.5) is 14.5 Å². The Labute approximate surface area is 126 Å². The van der Waals surface area contributed by atoms with Crippen LogP contribution < -0.4 is 5.32 Å². The van der Waals surface area contributed by atoms with Gasteiger partial charge in [-0.05, 0) is 43.7 Å². The smallest absolute Gasteiger partial charge is 0.272 e. The molecule has 0 aliphatic heterocycles. The van der Waals surface area contributed by atoms with Crippen molar-refractivity contribution in [3.63, 3.8) is 0 Å². The Bertz CT molecular complexity index is 884. The van der Waals surface area contributed by atoms with Crippen molar-refractivity contribution >= 4 is 22.5 Å². The quantitative estimate of drug-likeness (QED) is 0.727. The fourth-order valence-corrected chi connectivity index (χ4v) is 2.44. The molecule has 0 saturated carbocycles. The summed E-state index contributed by atoms with van der Waals surface area (Å²) in [7, 11) is 0. The van der Waals surface area contributed by atoms with E-state index in [2.05, 4.69) is 10.3 Å². The van der Waals surface area contributed by atoms with Crippen LogP contribution in [0.25, 0.3) is 10.9 Å². The molecule has 0 saturated heterocycles. The molecule has 2 aromatic carbocycles. The maximum atomic E-state index is 13.6. The fourth-order valence-electron chi connectivity index (χ4n) is 2.44. The van der Waals surface area contributed by atoms with Gasteiger partial charge in [-0.2, -0.15) is 0 Å². The third-order valence-corrected chi connectivity index (χ3v) is 3.62. The van der Waals surface area contributed by atoms with Crippen molar-refractivity contribution in [2.24, 2.45) is 0 Å². The highest BCUT2D eigenvalue weighted by Crippen LogP contribution is 2.24. The minimum atomic E-state index is -0.807. The molecule has 1 amide bonds. The molecule has 0 aliphatic carbocycles. The van der Waals surface area contributed by atoms with Crippen LogP contribution >= 0.6 is 0 Å². The molecule has 0 aliphatic rings. The van der Waals surface area contributed by atoms with Gasteiger partial charge in [-0.1, -0.05) is 11.6 Å². The molecule has 2 N–H and O–H groups in total. The van der Waals surface area contributed by atoms with Crippen LogP contribution in [0.1, 0.15) is 21.6 Å². The minimum Gasteiger partial charge on any atom is -0.350 e. The Morgan fingerprint density at radius 2 is 1.86 bits per heavy atom. The van der Waals surface area contributed by atoms with E-state index in [0.717, 1.165) is 34.2 Å². The average molecular weight is 300 g/mol. The number of H-pyrrole nitrogens is 1. The molecule has 0 fully saturated rings. The molecule has 0 atom stereocenters. The van der Waals surface area contributed by atoms with E-state index in [0.29, 0.717) is 5.69 Å². The lowest BCUT2D eigenvalue weighted by Crippen LogP contribution is -2.14. The van der Waals surface area contributed by atoms with Gasteiger partial charge < -0.3 is 10.3 Å². The summed E-state index contributed by atoms with van der Waals surface area (Å²) in [5.74, 6) is -1.96. The second-order valence-electron chi connectivity index (χ2n) is 5.25. The van der Waals surface area contributed by atoms with Gasteiger partial charge >= 0.3 is 0 Å². The minimum absolute atomic E-state index is 0.0550. The molecule has 3 aromatic rings. The topological polar surface area (TPSA) is 44.9 Å². The van der Waals surface area contributed by atoms with E-state index in [1.54, 1.807) is 0 Å². The number of halogens is 2. The van der Waals surface area contributed by atoms with Gasteiger partial charge in [0.05, 0.1) is 5.69 Å². The van der Waals surface area contributed by atoms with E-state index >= 15 is 0 Å². The van der Waals surface area contributed by atoms with Gasteiger partial charge in [0.25, 0.3) is 5.91 Å². The first-order chi connectivity index (χ1) is 10.5. The van der Waals surface area contributed by atoms with Gasteiger partial charge in [-0.3, -0.25) is 4.79 Å². The van der Waals surface area contributed by atoms with Crippen LogP contribution in [0.3, 0.4) is 0 Å². The predicted octanol–water partition coefficient (Wildman–Crippen LogP) is 4.32. The summed E-state index contributed by atoms with van der Waals surface area (Å²) >= 11 is 0. The third-order valence-electron chi connectivity index (χ3n) is 3.62. The highest BCUT2D eigenvalue weighted by atomic mass is 19.1. The third kappa shape index (κ3) is 2.45. The number of benzene rings is 2. The largest absolute Gasteiger partial charge is 0.350 e. The SMILES string of the molecule is Cc1ccc2[nH]c(C(=O)Nc3ccc(F)cc3F)c(C)c2c1. The maximum absolute atomic E-state index is 13.6. The predicted molar refractivity (Wildman–Crippen MR) is 82.1 cm³/mol. The van der Waals surface area contributed by atoms with E-state index in [1.807, 2.05) is 32.0 Å².